The Kier molecular flexibility index (Phi) is 7.77. The molecular formula is C27H33FN6O3. The number of anilines is 1. The summed E-state index contributed by atoms with van der Waals surface area (Å²) < 4.78 is 20.5. The number of nitrogen functional groups attached to an aromatic ring is 1. The van der Waals surface area contributed by atoms with E-state index < -0.39 is 17.6 Å². The largest absolute Gasteiger partial charge is 0.496 e. The fraction of sp³-hybridized carbons (Fsp3) is 0.370. The molecule has 1 aliphatic heterocycles. The molecule has 196 valence electrons. The number of amides is 2. The summed E-state index contributed by atoms with van der Waals surface area (Å²) in [6, 6.07) is 11.5. The Labute approximate surface area is 215 Å². The number of hydrogen-bond acceptors (Lipinski definition) is 6. The van der Waals surface area contributed by atoms with Crippen LogP contribution in [0.4, 0.5) is 10.2 Å². The lowest BCUT2D eigenvalue weighted by Crippen LogP contribution is -2.41. The number of piperidine rings is 1. The van der Waals surface area contributed by atoms with Crippen LogP contribution in [0.3, 0.4) is 0 Å². The second kappa shape index (κ2) is 11.0. The molecule has 1 unspecified atom stereocenters. The third kappa shape index (κ3) is 5.59. The number of nitrogens with one attached hydrogen (secondary N) is 1. The van der Waals surface area contributed by atoms with Crippen molar-refractivity contribution in [3.63, 3.8) is 0 Å². The second-order valence-corrected chi connectivity index (χ2v) is 9.53. The fourth-order valence-corrected chi connectivity index (χ4v) is 4.74. The van der Waals surface area contributed by atoms with E-state index in [1.54, 1.807) is 4.68 Å². The number of primary amides is 1. The summed E-state index contributed by atoms with van der Waals surface area (Å²) >= 11 is 0. The van der Waals surface area contributed by atoms with Gasteiger partial charge in [0.15, 0.2) is 0 Å². The van der Waals surface area contributed by atoms with Crippen LogP contribution in [-0.2, 0) is 6.54 Å². The first kappa shape index (κ1) is 26.2. The van der Waals surface area contributed by atoms with Crippen molar-refractivity contribution in [3.05, 3.63) is 65.0 Å². The van der Waals surface area contributed by atoms with Gasteiger partial charge in [-0.05, 0) is 57.0 Å². The molecule has 1 aromatic heterocycles. The standard InChI is InChI=1S/C27H33FN6O3/c1-16(2)33-12-4-5-20(15-33)34-25(29)23(26(30)35)24(32-34)18-8-6-17(7-9-18)14-31-27(36)21-13-19(28)10-11-22(21)37-3/h6-11,13,16,20H,4-5,12,14-15,29H2,1-3H3,(H2,30,35)(H,31,36). The Balaban J connectivity index is 1.53. The quantitative estimate of drug-likeness (QED) is 0.428. The number of likely N-dealkylation sites (tertiary alicyclic amines) is 1. The van der Waals surface area contributed by atoms with Crippen molar-refractivity contribution in [2.24, 2.45) is 5.73 Å². The highest BCUT2D eigenvalue weighted by molar-refractivity contribution is 6.03. The number of nitrogens with zero attached hydrogens (tertiary/aromatic N) is 3. The van der Waals surface area contributed by atoms with Gasteiger partial charge in [-0.3, -0.25) is 14.5 Å². The van der Waals surface area contributed by atoms with Crippen molar-refractivity contribution < 1.29 is 18.7 Å². The maximum Gasteiger partial charge on any atom is 0.255 e. The number of aromatic nitrogens is 2. The highest BCUT2D eigenvalue weighted by Gasteiger charge is 2.29. The van der Waals surface area contributed by atoms with Crippen LogP contribution in [0, 0.1) is 5.82 Å². The first-order valence-corrected chi connectivity index (χ1v) is 12.3. The van der Waals surface area contributed by atoms with Crippen LogP contribution in [0.2, 0.25) is 0 Å². The molecule has 1 aliphatic rings. The molecular weight excluding hydrogens is 475 g/mol. The third-order valence-electron chi connectivity index (χ3n) is 6.78. The van der Waals surface area contributed by atoms with Crippen LogP contribution < -0.4 is 21.5 Å². The van der Waals surface area contributed by atoms with E-state index in [4.69, 9.17) is 21.3 Å². The smallest absolute Gasteiger partial charge is 0.255 e. The molecule has 2 aromatic carbocycles. The molecule has 0 spiro atoms. The molecule has 1 saturated heterocycles. The lowest BCUT2D eigenvalue weighted by Gasteiger charge is -2.35. The van der Waals surface area contributed by atoms with Crippen molar-refractivity contribution >= 4 is 17.6 Å². The number of carbonyl (C=O) groups excluding carboxylic acids is 2. The van der Waals surface area contributed by atoms with Gasteiger partial charge in [0, 0.05) is 24.7 Å². The maximum absolute atomic E-state index is 13.6. The topological polar surface area (TPSA) is 128 Å². The molecule has 0 aliphatic carbocycles. The predicted octanol–water partition coefficient (Wildman–Crippen LogP) is 3.35. The van der Waals surface area contributed by atoms with Gasteiger partial charge in [0.1, 0.15) is 28.6 Å². The van der Waals surface area contributed by atoms with E-state index in [1.807, 2.05) is 24.3 Å². The van der Waals surface area contributed by atoms with Crippen LogP contribution in [0.25, 0.3) is 11.3 Å². The summed E-state index contributed by atoms with van der Waals surface area (Å²) in [6.07, 6.45) is 1.94. The average molecular weight is 509 g/mol. The van der Waals surface area contributed by atoms with E-state index >= 15 is 0 Å². The number of ether oxygens (including phenoxy) is 1. The van der Waals surface area contributed by atoms with Gasteiger partial charge >= 0.3 is 0 Å². The molecule has 4 rings (SSSR count). The third-order valence-corrected chi connectivity index (χ3v) is 6.78. The number of benzene rings is 2. The van der Waals surface area contributed by atoms with Gasteiger partial charge in [0.2, 0.25) is 0 Å². The van der Waals surface area contributed by atoms with E-state index in [1.165, 1.54) is 19.2 Å². The van der Waals surface area contributed by atoms with E-state index in [0.29, 0.717) is 17.3 Å². The first-order valence-electron chi connectivity index (χ1n) is 12.3. The van der Waals surface area contributed by atoms with Gasteiger partial charge in [-0.25, -0.2) is 9.07 Å². The Bertz CT molecular complexity index is 1290. The highest BCUT2D eigenvalue weighted by Crippen LogP contribution is 2.32. The molecule has 5 N–H and O–H groups in total. The predicted molar refractivity (Wildman–Crippen MR) is 140 cm³/mol. The van der Waals surface area contributed by atoms with Gasteiger partial charge in [-0.15, -0.1) is 0 Å². The lowest BCUT2D eigenvalue weighted by atomic mass is 10.0. The molecule has 0 bridgehead atoms. The zero-order valence-corrected chi connectivity index (χ0v) is 21.3. The van der Waals surface area contributed by atoms with Gasteiger partial charge in [0.05, 0.1) is 18.7 Å². The fourth-order valence-electron chi connectivity index (χ4n) is 4.74. The molecule has 2 amide bonds. The van der Waals surface area contributed by atoms with Gasteiger partial charge in [-0.2, -0.15) is 5.10 Å². The van der Waals surface area contributed by atoms with Crippen molar-refractivity contribution in [3.8, 4) is 17.0 Å². The number of methoxy groups -OCH3 is 1. The molecule has 1 fully saturated rings. The number of hydrogen-bond donors (Lipinski definition) is 3. The summed E-state index contributed by atoms with van der Waals surface area (Å²) in [7, 11) is 1.42. The minimum atomic E-state index is -0.629. The summed E-state index contributed by atoms with van der Waals surface area (Å²) in [4.78, 5) is 27.3. The molecule has 37 heavy (non-hydrogen) atoms. The monoisotopic (exact) mass is 508 g/mol. The highest BCUT2D eigenvalue weighted by atomic mass is 19.1. The summed E-state index contributed by atoms with van der Waals surface area (Å²) in [5, 5.41) is 7.51. The van der Waals surface area contributed by atoms with Gasteiger partial charge in [0.25, 0.3) is 11.8 Å². The van der Waals surface area contributed by atoms with Crippen LogP contribution in [-0.4, -0.2) is 52.7 Å². The molecule has 0 radical (unpaired) electrons. The molecule has 9 nitrogen and oxygen atoms in total. The van der Waals surface area contributed by atoms with E-state index in [-0.39, 0.29) is 35.3 Å². The number of rotatable bonds is 8. The van der Waals surface area contributed by atoms with E-state index in [9.17, 15) is 14.0 Å². The SMILES string of the molecule is COc1ccc(F)cc1C(=O)NCc1ccc(-c2nn(C3CCCN(C(C)C)C3)c(N)c2C(N)=O)cc1. The van der Waals surface area contributed by atoms with Crippen molar-refractivity contribution in [1.82, 2.24) is 20.0 Å². The first-order chi connectivity index (χ1) is 17.7. The Morgan fingerprint density at radius 1 is 1.22 bits per heavy atom. The van der Waals surface area contributed by atoms with Crippen LogP contribution in [0.15, 0.2) is 42.5 Å². The number of carbonyl (C=O) groups is 2. The van der Waals surface area contributed by atoms with Crippen LogP contribution in [0.5, 0.6) is 5.75 Å². The Hall–Kier alpha value is -3.92. The van der Waals surface area contributed by atoms with Crippen molar-refractivity contribution in [2.45, 2.75) is 45.3 Å². The molecule has 1 atom stereocenters. The molecule has 3 aromatic rings. The number of halogens is 1. The number of nitrogens with two attached hydrogens (primary N) is 2. The minimum Gasteiger partial charge on any atom is -0.496 e. The molecule has 10 heteroatoms. The molecule has 0 saturated carbocycles. The summed E-state index contributed by atoms with van der Waals surface area (Å²) in [6.45, 7) is 6.36. The van der Waals surface area contributed by atoms with Crippen LogP contribution in [0.1, 0.15) is 59.0 Å². The van der Waals surface area contributed by atoms with E-state index in [2.05, 4.69) is 24.1 Å². The minimum absolute atomic E-state index is 0.0531. The Morgan fingerprint density at radius 3 is 2.59 bits per heavy atom. The van der Waals surface area contributed by atoms with E-state index in [0.717, 1.165) is 37.6 Å². The van der Waals surface area contributed by atoms with Crippen LogP contribution >= 0.6 is 0 Å². The zero-order valence-electron chi connectivity index (χ0n) is 21.3. The lowest BCUT2D eigenvalue weighted by molar-refractivity contribution is 0.0946. The van der Waals surface area contributed by atoms with Gasteiger partial charge < -0.3 is 21.5 Å². The van der Waals surface area contributed by atoms with Crippen molar-refractivity contribution in [2.75, 3.05) is 25.9 Å². The summed E-state index contributed by atoms with van der Waals surface area (Å²) in [5.74, 6) is -1.04. The van der Waals surface area contributed by atoms with Crippen molar-refractivity contribution in [1.29, 1.82) is 0 Å². The molecule has 2 heterocycles. The van der Waals surface area contributed by atoms with Gasteiger partial charge in [-0.1, -0.05) is 24.3 Å². The average Bonchev–Trinajstić information content (AvgIpc) is 3.24. The Morgan fingerprint density at radius 2 is 1.95 bits per heavy atom. The maximum atomic E-state index is 13.6. The second-order valence-electron chi connectivity index (χ2n) is 9.53. The normalized spacial score (nSPS) is 16.1. The summed E-state index contributed by atoms with van der Waals surface area (Å²) in [5.41, 5.74) is 14.4. The zero-order chi connectivity index (χ0) is 26.7.